The SMILES string of the molecule is CC(C)C1(C)N=C(c2nc3ccccc3cc2C(=O)O)NC1=O.CCC(CC)Nc1c([N+](=O)[O-])cc(C)c(C)c1[N+](=O)[O-].COc1c(Cl)ccc(Cl)c1C(=O)O. The number of nitro groups is 2. The Bertz CT molecular complexity index is 2230. The molecule has 0 bridgehead atoms. The number of amidine groups is 1. The zero-order valence-corrected chi connectivity index (χ0v) is 33.4. The number of carboxylic acids is 2. The summed E-state index contributed by atoms with van der Waals surface area (Å²) in [5, 5.41) is 47.4. The van der Waals surface area contributed by atoms with Crippen molar-refractivity contribution in [2.45, 2.75) is 72.9 Å². The molecular formula is C38H42Cl2N6O10. The molecule has 298 valence electrons. The number of anilines is 1. The number of fused-ring (bicyclic) bond motifs is 1. The van der Waals surface area contributed by atoms with Crippen LogP contribution in [0.2, 0.25) is 10.0 Å². The Labute approximate surface area is 332 Å². The Morgan fingerprint density at radius 2 is 1.59 bits per heavy atom. The number of nitro benzene ring substituents is 2. The zero-order chi connectivity index (χ0) is 42.2. The minimum Gasteiger partial charge on any atom is -0.494 e. The van der Waals surface area contributed by atoms with Crippen molar-refractivity contribution in [1.82, 2.24) is 10.3 Å². The molecule has 1 amide bonds. The monoisotopic (exact) mass is 812 g/mol. The van der Waals surface area contributed by atoms with Crippen LogP contribution in [0.25, 0.3) is 10.9 Å². The summed E-state index contributed by atoms with van der Waals surface area (Å²) in [5.41, 5.74) is 0.391. The number of ether oxygens (including phenoxy) is 1. The first-order valence-corrected chi connectivity index (χ1v) is 18.0. The Hall–Kier alpha value is -5.87. The number of carbonyl (C=O) groups is 3. The number of carbonyl (C=O) groups excluding carboxylic acids is 1. The molecule has 1 aromatic heterocycles. The smallest absolute Gasteiger partial charge is 0.341 e. The fourth-order valence-electron chi connectivity index (χ4n) is 5.53. The number of carboxylic acid groups (broad SMARTS) is 2. The highest BCUT2D eigenvalue weighted by Crippen LogP contribution is 2.40. The summed E-state index contributed by atoms with van der Waals surface area (Å²) in [7, 11) is 1.34. The van der Waals surface area contributed by atoms with Gasteiger partial charge in [-0.05, 0) is 69.4 Å². The lowest BCUT2D eigenvalue weighted by molar-refractivity contribution is -0.392. The molecule has 2 heterocycles. The van der Waals surface area contributed by atoms with Crippen molar-refractivity contribution in [3.05, 3.63) is 107 Å². The number of amides is 1. The van der Waals surface area contributed by atoms with Crippen molar-refractivity contribution in [2.24, 2.45) is 10.9 Å². The van der Waals surface area contributed by atoms with E-state index < -0.39 is 27.3 Å². The molecule has 0 aliphatic carbocycles. The van der Waals surface area contributed by atoms with Crippen LogP contribution in [0.15, 0.2) is 53.5 Å². The number of hydrogen-bond acceptors (Lipinski definition) is 11. The maximum absolute atomic E-state index is 12.3. The normalized spacial score (nSPS) is 14.6. The van der Waals surface area contributed by atoms with E-state index in [1.54, 1.807) is 39.0 Å². The molecule has 1 atom stereocenters. The van der Waals surface area contributed by atoms with E-state index >= 15 is 0 Å². The molecule has 0 radical (unpaired) electrons. The molecule has 4 aromatic rings. The van der Waals surface area contributed by atoms with Crippen molar-refractivity contribution in [2.75, 3.05) is 12.4 Å². The van der Waals surface area contributed by atoms with Crippen molar-refractivity contribution >= 4 is 74.8 Å². The van der Waals surface area contributed by atoms with Crippen LogP contribution in [0.3, 0.4) is 0 Å². The van der Waals surface area contributed by atoms with Crippen LogP contribution in [-0.4, -0.2) is 67.4 Å². The van der Waals surface area contributed by atoms with Gasteiger partial charge in [0.2, 0.25) is 0 Å². The summed E-state index contributed by atoms with van der Waals surface area (Å²) in [6.07, 6.45) is 1.47. The minimum atomic E-state index is -1.16. The van der Waals surface area contributed by atoms with Gasteiger partial charge in [0, 0.05) is 23.1 Å². The number of aryl methyl sites for hydroxylation is 1. The molecule has 4 N–H and O–H groups in total. The largest absolute Gasteiger partial charge is 0.494 e. The third kappa shape index (κ3) is 9.67. The number of nitrogens with zero attached hydrogens (tertiary/aromatic N) is 4. The third-order valence-corrected chi connectivity index (χ3v) is 9.93. The number of benzene rings is 3. The highest BCUT2D eigenvalue weighted by atomic mass is 35.5. The Morgan fingerprint density at radius 3 is 2.07 bits per heavy atom. The van der Waals surface area contributed by atoms with E-state index in [4.69, 9.17) is 33.0 Å². The van der Waals surface area contributed by atoms with Crippen molar-refractivity contribution in [3.8, 4) is 5.75 Å². The van der Waals surface area contributed by atoms with Crippen molar-refractivity contribution in [3.63, 3.8) is 0 Å². The molecule has 0 fully saturated rings. The van der Waals surface area contributed by atoms with E-state index in [0.717, 1.165) is 18.2 Å². The number of rotatable bonds is 11. The summed E-state index contributed by atoms with van der Waals surface area (Å²) < 4.78 is 4.82. The quantitative estimate of drug-likeness (QED) is 0.0822. The van der Waals surface area contributed by atoms with Gasteiger partial charge in [-0.2, -0.15) is 0 Å². The van der Waals surface area contributed by atoms with Crippen molar-refractivity contribution < 1.29 is 39.2 Å². The summed E-state index contributed by atoms with van der Waals surface area (Å²) in [4.78, 5) is 64.7. The molecule has 0 saturated carbocycles. The lowest BCUT2D eigenvalue weighted by Gasteiger charge is -2.21. The van der Waals surface area contributed by atoms with Crippen LogP contribution in [0, 0.1) is 40.0 Å². The topological polar surface area (TPSA) is 236 Å². The molecule has 18 heteroatoms. The lowest BCUT2D eigenvalue weighted by atomic mass is 9.89. The van der Waals surface area contributed by atoms with Crippen LogP contribution >= 0.6 is 23.2 Å². The number of pyridine rings is 1. The molecule has 16 nitrogen and oxygen atoms in total. The second-order valence-corrected chi connectivity index (χ2v) is 13.9. The molecular weight excluding hydrogens is 771 g/mol. The molecule has 3 aromatic carbocycles. The number of halogens is 2. The highest BCUT2D eigenvalue weighted by Gasteiger charge is 2.43. The van der Waals surface area contributed by atoms with Crippen molar-refractivity contribution in [1.29, 1.82) is 0 Å². The predicted molar refractivity (Wildman–Crippen MR) is 214 cm³/mol. The van der Waals surface area contributed by atoms with E-state index in [2.05, 4.69) is 20.6 Å². The van der Waals surface area contributed by atoms with E-state index in [1.165, 1.54) is 25.3 Å². The van der Waals surface area contributed by atoms with Gasteiger partial charge < -0.3 is 25.6 Å². The van der Waals surface area contributed by atoms with Crippen LogP contribution in [-0.2, 0) is 4.79 Å². The summed E-state index contributed by atoms with van der Waals surface area (Å²) in [6.45, 7) is 12.6. The molecule has 0 spiro atoms. The van der Waals surface area contributed by atoms with Crippen LogP contribution in [0.1, 0.15) is 85.0 Å². The van der Waals surface area contributed by atoms with Gasteiger partial charge in [0.25, 0.3) is 11.6 Å². The van der Waals surface area contributed by atoms with Gasteiger partial charge in [-0.25, -0.2) is 19.6 Å². The minimum absolute atomic E-state index is 0.0109. The molecule has 1 unspecified atom stereocenters. The lowest BCUT2D eigenvalue weighted by Crippen LogP contribution is -2.41. The maximum Gasteiger partial charge on any atom is 0.341 e. The Balaban J connectivity index is 0.000000234. The Morgan fingerprint density at radius 1 is 0.982 bits per heavy atom. The van der Waals surface area contributed by atoms with E-state index in [9.17, 15) is 39.7 Å². The number of hydrogen-bond donors (Lipinski definition) is 4. The summed E-state index contributed by atoms with van der Waals surface area (Å²) >= 11 is 11.4. The highest BCUT2D eigenvalue weighted by molar-refractivity contribution is 6.37. The average Bonchev–Trinajstić information content (AvgIpc) is 3.46. The average molecular weight is 814 g/mol. The fraction of sp³-hybridized carbons (Fsp3) is 0.342. The molecule has 1 aliphatic heterocycles. The van der Waals surface area contributed by atoms with Crippen LogP contribution < -0.4 is 15.4 Å². The fourth-order valence-corrected chi connectivity index (χ4v) is 6.00. The van der Waals surface area contributed by atoms with Crippen LogP contribution in [0.5, 0.6) is 5.75 Å². The van der Waals surface area contributed by atoms with E-state index in [0.29, 0.717) is 16.6 Å². The first kappa shape index (κ1) is 44.5. The third-order valence-electron chi connectivity index (χ3n) is 9.32. The van der Waals surface area contributed by atoms with Gasteiger partial charge >= 0.3 is 17.6 Å². The molecule has 0 saturated heterocycles. The number of aromatic carboxylic acids is 2. The first-order valence-electron chi connectivity index (χ1n) is 17.2. The van der Waals surface area contributed by atoms with Crippen LogP contribution in [0.4, 0.5) is 17.1 Å². The predicted octanol–water partition coefficient (Wildman–Crippen LogP) is 8.64. The number of para-hydroxylation sites is 1. The number of nitrogens with one attached hydrogen (secondary N) is 2. The van der Waals surface area contributed by atoms with Gasteiger partial charge in [-0.1, -0.05) is 69.1 Å². The molecule has 56 heavy (non-hydrogen) atoms. The number of aliphatic imine (C=N–C) groups is 1. The molecule has 5 rings (SSSR count). The van der Waals surface area contributed by atoms with Gasteiger partial charge in [0.1, 0.15) is 16.8 Å². The molecule has 1 aliphatic rings. The second-order valence-electron chi connectivity index (χ2n) is 13.1. The second kappa shape index (κ2) is 18.6. The van der Waals surface area contributed by atoms with Gasteiger partial charge in [0.15, 0.2) is 17.3 Å². The van der Waals surface area contributed by atoms with E-state index in [-0.39, 0.29) is 73.4 Å². The first-order chi connectivity index (χ1) is 26.2. The summed E-state index contributed by atoms with van der Waals surface area (Å²) in [6, 6.07) is 13.0. The standard InChI is InChI=1S/C17H17N3O3.C13H19N3O4.C8H6Cl2O3/c1-9(2)17(3)16(23)19-14(20-17)13-11(15(21)22)8-10-6-4-5-7-12(10)18-13;1-5-10(6-2)14-12-11(15(17)18)7-8(3)9(4)13(12)16(19)20;1-13-7-5(10)3-2-4(9)6(7)8(11)12/h4-9H,1-3H3,(H,21,22)(H,19,20,23);7,10,14H,5-6H2,1-4H3;2-3H,1H3,(H,11,12). The van der Waals surface area contributed by atoms with E-state index in [1.807, 2.05) is 39.8 Å². The van der Waals surface area contributed by atoms with Gasteiger partial charge in [0.05, 0.1) is 38.1 Å². The maximum atomic E-state index is 12.3. The van der Waals surface area contributed by atoms with Gasteiger partial charge in [-0.3, -0.25) is 25.0 Å². The van der Waals surface area contributed by atoms with Gasteiger partial charge in [-0.15, -0.1) is 0 Å². The number of methoxy groups -OCH3 is 1. The zero-order valence-electron chi connectivity index (χ0n) is 31.9. The summed E-state index contributed by atoms with van der Waals surface area (Å²) in [5.74, 6) is -2.23. The Kier molecular flexibility index (Phi) is 14.8. The number of aromatic nitrogens is 1.